The molecule has 1 aromatic carbocycles. The molecule has 0 spiro atoms. The first-order valence-corrected chi connectivity index (χ1v) is 9.83. The molecule has 3 aromatic rings. The number of anilines is 1. The van der Waals surface area contributed by atoms with Crippen LogP contribution >= 0.6 is 15.9 Å². The van der Waals surface area contributed by atoms with Crippen LogP contribution in [0.4, 0.5) is 10.1 Å². The summed E-state index contributed by atoms with van der Waals surface area (Å²) in [5.74, 6) is -0.247. The highest BCUT2D eigenvalue weighted by atomic mass is 79.9. The van der Waals surface area contributed by atoms with Crippen molar-refractivity contribution in [1.29, 1.82) is 0 Å². The van der Waals surface area contributed by atoms with Gasteiger partial charge in [-0.05, 0) is 46.6 Å². The van der Waals surface area contributed by atoms with E-state index in [0.717, 1.165) is 15.8 Å². The number of amides is 1. The monoisotopic (exact) mass is 430 g/mol. The molecular weight excluding hydrogens is 411 g/mol. The number of carbonyl (C=O) groups excluding carboxylic acids is 1. The third-order valence-corrected chi connectivity index (χ3v) is 5.42. The minimum Gasteiger partial charge on any atom is -0.366 e. The third kappa shape index (κ3) is 3.32. The molecule has 1 saturated heterocycles. The second kappa shape index (κ2) is 7.31. The number of hydrogen-bond donors (Lipinski definition) is 0. The van der Waals surface area contributed by atoms with Crippen molar-refractivity contribution in [2.75, 3.05) is 31.1 Å². The van der Waals surface area contributed by atoms with E-state index in [1.54, 1.807) is 12.1 Å². The van der Waals surface area contributed by atoms with Crippen LogP contribution in [-0.4, -0.2) is 46.4 Å². The standard InChI is InChI=1S/C20H20BrFN4O/c1-2-16-19(26-13-14(21)7-8-18(26)23-16)20(27)25-11-9-24(10-12-25)17-6-4-3-5-15(17)22/h3-8,13H,2,9-12H2,1H3. The number of piperazine rings is 1. The van der Waals surface area contributed by atoms with E-state index in [2.05, 4.69) is 20.9 Å². The van der Waals surface area contributed by atoms with E-state index in [1.807, 2.05) is 45.5 Å². The zero-order valence-corrected chi connectivity index (χ0v) is 16.6. The molecule has 0 bridgehead atoms. The number of hydrogen-bond acceptors (Lipinski definition) is 3. The number of rotatable bonds is 3. The minimum absolute atomic E-state index is 0.0226. The van der Waals surface area contributed by atoms with Crippen molar-refractivity contribution in [2.45, 2.75) is 13.3 Å². The SMILES string of the molecule is CCc1nc2ccc(Br)cn2c1C(=O)N1CCN(c2ccccc2F)CC1. The molecule has 5 nitrogen and oxygen atoms in total. The number of pyridine rings is 1. The van der Waals surface area contributed by atoms with Gasteiger partial charge >= 0.3 is 0 Å². The molecule has 140 valence electrons. The maximum atomic E-state index is 14.0. The quantitative estimate of drug-likeness (QED) is 0.634. The lowest BCUT2D eigenvalue weighted by atomic mass is 10.2. The molecule has 1 fully saturated rings. The summed E-state index contributed by atoms with van der Waals surface area (Å²) < 4.78 is 16.8. The highest BCUT2D eigenvalue weighted by Crippen LogP contribution is 2.23. The molecule has 1 aliphatic rings. The van der Waals surface area contributed by atoms with Crippen molar-refractivity contribution < 1.29 is 9.18 Å². The van der Waals surface area contributed by atoms with Gasteiger partial charge < -0.3 is 9.80 Å². The Hall–Kier alpha value is -2.41. The number of para-hydroxylation sites is 1. The Balaban J connectivity index is 1.57. The Morgan fingerprint density at radius 1 is 1.15 bits per heavy atom. The molecule has 0 radical (unpaired) electrons. The van der Waals surface area contributed by atoms with Crippen LogP contribution in [0.5, 0.6) is 0 Å². The van der Waals surface area contributed by atoms with Crippen molar-refractivity contribution in [3.05, 3.63) is 64.3 Å². The summed E-state index contributed by atoms with van der Waals surface area (Å²) >= 11 is 3.47. The van der Waals surface area contributed by atoms with Gasteiger partial charge in [-0.1, -0.05) is 19.1 Å². The van der Waals surface area contributed by atoms with Crippen LogP contribution < -0.4 is 4.90 Å². The van der Waals surface area contributed by atoms with E-state index in [4.69, 9.17) is 0 Å². The third-order valence-electron chi connectivity index (χ3n) is 4.95. The average Bonchev–Trinajstić information content (AvgIpc) is 3.05. The van der Waals surface area contributed by atoms with Crippen molar-refractivity contribution in [3.8, 4) is 0 Å². The molecule has 27 heavy (non-hydrogen) atoms. The molecule has 0 aliphatic carbocycles. The van der Waals surface area contributed by atoms with Gasteiger partial charge in [-0.2, -0.15) is 0 Å². The number of aromatic nitrogens is 2. The fraction of sp³-hybridized carbons (Fsp3) is 0.300. The van der Waals surface area contributed by atoms with Crippen LogP contribution in [0.2, 0.25) is 0 Å². The largest absolute Gasteiger partial charge is 0.366 e. The number of halogens is 2. The second-order valence-corrected chi connectivity index (χ2v) is 7.48. The lowest BCUT2D eigenvalue weighted by molar-refractivity contribution is 0.0738. The molecule has 3 heterocycles. The molecular formula is C20H20BrFN4O. The van der Waals surface area contributed by atoms with E-state index in [0.29, 0.717) is 44.0 Å². The van der Waals surface area contributed by atoms with E-state index < -0.39 is 0 Å². The molecule has 0 unspecified atom stereocenters. The zero-order chi connectivity index (χ0) is 19.0. The van der Waals surface area contributed by atoms with Gasteiger partial charge in [0.1, 0.15) is 17.2 Å². The van der Waals surface area contributed by atoms with Crippen LogP contribution in [0.25, 0.3) is 5.65 Å². The highest BCUT2D eigenvalue weighted by molar-refractivity contribution is 9.10. The average molecular weight is 431 g/mol. The van der Waals surface area contributed by atoms with Gasteiger partial charge in [-0.3, -0.25) is 9.20 Å². The number of benzene rings is 1. The summed E-state index contributed by atoms with van der Waals surface area (Å²) in [6.07, 6.45) is 2.57. The molecule has 0 N–H and O–H groups in total. The highest BCUT2D eigenvalue weighted by Gasteiger charge is 2.27. The summed E-state index contributed by atoms with van der Waals surface area (Å²) in [7, 11) is 0. The molecule has 4 rings (SSSR count). The predicted molar refractivity (Wildman–Crippen MR) is 107 cm³/mol. The molecule has 7 heteroatoms. The van der Waals surface area contributed by atoms with Gasteiger partial charge in [0.05, 0.1) is 11.4 Å². The fourth-order valence-corrected chi connectivity index (χ4v) is 3.89. The van der Waals surface area contributed by atoms with Crippen LogP contribution in [-0.2, 0) is 6.42 Å². The number of fused-ring (bicyclic) bond motifs is 1. The maximum Gasteiger partial charge on any atom is 0.272 e. The maximum absolute atomic E-state index is 14.0. The van der Waals surface area contributed by atoms with Gasteiger partial charge in [-0.15, -0.1) is 0 Å². The normalized spacial score (nSPS) is 14.8. The summed E-state index contributed by atoms with van der Waals surface area (Å²) in [5, 5.41) is 0. The summed E-state index contributed by atoms with van der Waals surface area (Å²) in [5.41, 5.74) is 2.78. The number of aryl methyl sites for hydroxylation is 1. The molecule has 1 amide bonds. The van der Waals surface area contributed by atoms with Crippen LogP contribution in [0.3, 0.4) is 0 Å². The molecule has 0 atom stereocenters. The van der Waals surface area contributed by atoms with E-state index in [1.165, 1.54) is 6.07 Å². The minimum atomic E-state index is -0.225. The lowest BCUT2D eigenvalue weighted by Crippen LogP contribution is -2.49. The smallest absolute Gasteiger partial charge is 0.272 e. The Bertz CT molecular complexity index is 995. The topological polar surface area (TPSA) is 40.9 Å². The number of nitrogens with zero attached hydrogens (tertiary/aromatic N) is 4. The predicted octanol–water partition coefficient (Wildman–Crippen LogP) is 3.76. The van der Waals surface area contributed by atoms with Crippen LogP contribution in [0.15, 0.2) is 47.1 Å². The number of imidazole rings is 1. The van der Waals surface area contributed by atoms with Gasteiger partial charge in [-0.25, -0.2) is 9.37 Å². The first-order valence-electron chi connectivity index (χ1n) is 9.03. The Morgan fingerprint density at radius 3 is 2.59 bits per heavy atom. The first-order chi connectivity index (χ1) is 13.1. The van der Waals surface area contributed by atoms with Gasteiger partial charge in [0.25, 0.3) is 5.91 Å². The van der Waals surface area contributed by atoms with Gasteiger partial charge in [0.2, 0.25) is 0 Å². The van der Waals surface area contributed by atoms with Crippen molar-refractivity contribution >= 4 is 33.2 Å². The van der Waals surface area contributed by atoms with Crippen molar-refractivity contribution in [1.82, 2.24) is 14.3 Å². The van der Waals surface area contributed by atoms with Crippen molar-refractivity contribution in [3.63, 3.8) is 0 Å². The second-order valence-electron chi connectivity index (χ2n) is 6.57. The van der Waals surface area contributed by atoms with Crippen molar-refractivity contribution in [2.24, 2.45) is 0 Å². The number of carbonyl (C=O) groups is 1. The first kappa shape index (κ1) is 18.0. The van der Waals surface area contributed by atoms with Crippen LogP contribution in [0.1, 0.15) is 23.1 Å². The van der Waals surface area contributed by atoms with Gasteiger partial charge in [0.15, 0.2) is 0 Å². The van der Waals surface area contributed by atoms with E-state index in [-0.39, 0.29) is 11.7 Å². The Morgan fingerprint density at radius 2 is 1.89 bits per heavy atom. The lowest BCUT2D eigenvalue weighted by Gasteiger charge is -2.36. The Labute approximate surface area is 165 Å². The summed E-state index contributed by atoms with van der Waals surface area (Å²) in [6.45, 7) is 4.32. The molecule has 1 aliphatic heterocycles. The fourth-order valence-electron chi connectivity index (χ4n) is 3.55. The van der Waals surface area contributed by atoms with Gasteiger partial charge in [0, 0.05) is 36.8 Å². The summed E-state index contributed by atoms with van der Waals surface area (Å²) in [6, 6.07) is 10.6. The molecule has 0 saturated carbocycles. The molecule has 2 aromatic heterocycles. The van der Waals surface area contributed by atoms with E-state index in [9.17, 15) is 9.18 Å². The van der Waals surface area contributed by atoms with Crippen LogP contribution in [0, 0.1) is 5.82 Å². The zero-order valence-electron chi connectivity index (χ0n) is 15.0. The summed E-state index contributed by atoms with van der Waals surface area (Å²) in [4.78, 5) is 21.7. The Kier molecular flexibility index (Phi) is 4.86. The van der Waals surface area contributed by atoms with E-state index >= 15 is 0 Å².